The van der Waals surface area contributed by atoms with E-state index < -0.39 is 0 Å². The van der Waals surface area contributed by atoms with Crippen LogP contribution in [0.2, 0.25) is 0 Å². The van der Waals surface area contributed by atoms with E-state index in [0.717, 1.165) is 6.54 Å². The smallest absolute Gasteiger partial charge is 0.170 e. The van der Waals surface area contributed by atoms with Gasteiger partial charge < -0.3 is 5.32 Å². The predicted octanol–water partition coefficient (Wildman–Crippen LogP) is 1.67. The Labute approximate surface area is 106 Å². The first kappa shape index (κ1) is 12.1. The Hall–Kier alpha value is -1.34. The van der Waals surface area contributed by atoms with Crippen molar-refractivity contribution < 1.29 is 4.39 Å². The molecule has 0 atom stereocenters. The average Bonchev–Trinajstić information content (AvgIpc) is 2.78. The summed E-state index contributed by atoms with van der Waals surface area (Å²) in [5, 5.41) is 14.4. The van der Waals surface area contributed by atoms with E-state index in [1.165, 1.54) is 10.7 Å². The highest BCUT2D eigenvalue weighted by Crippen LogP contribution is 2.18. The van der Waals surface area contributed by atoms with Crippen LogP contribution in [0.1, 0.15) is 12.7 Å². The summed E-state index contributed by atoms with van der Waals surface area (Å²) in [7, 11) is 0. The lowest BCUT2D eigenvalue weighted by Crippen LogP contribution is -2.16. The van der Waals surface area contributed by atoms with Gasteiger partial charge in [-0.3, -0.25) is 0 Å². The number of tetrazole rings is 1. The van der Waals surface area contributed by atoms with Crippen molar-refractivity contribution in [2.75, 3.05) is 6.54 Å². The molecule has 7 heteroatoms. The highest BCUT2D eigenvalue weighted by molar-refractivity contribution is 9.10. The van der Waals surface area contributed by atoms with E-state index in [0.29, 0.717) is 22.5 Å². The Morgan fingerprint density at radius 2 is 2.29 bits per heavy atom. The van der Waals surface area contributed by atoms with Crippen LogP contribution in [0.3, 0.4) is 0 Å². The zero-order valence-corrected chi connectivity index (χ0v) is 10.8. The summed E-state index contributed by atoms with van der Waals surface area (Å²) in [6.07, 6.45) is 0. The van der Waals surface area contributed by atoms with Crippen LogP contribution < -0.4 is 5.32 Å². The second-order valence-corrected chi connectivity index (χ2v) is 4.24. The zero-order chi connectivity index (χ0) is 12.3. The first-order chi connectivity index (χ1) is 8.22. The van der Waals surface area contributed by atoms with Gasteiger partial charge in [-0.2, -0.15) is 4.68 Å². The first-order valence-electron chi connectivity index (χ1n) is 5.15. The molecular weight excluding hydrogens is 289 g/mol. The molecule has 2 aromatic rings. The van der Waals surface area contributed by atoms with Gasteiger partial charge >= 0.3 is 0 Å². The number of hydrogen-bond acceptors (Lipinski definition) is 4. The molecule has 1 aromatic heterocycles. The summed E-state index contributed by atoms with van der Waals surface area (Å²) in [6, 6.07) is 4.76. The number of halogens is 2. The van der Waals surface area contributed by atoms with E-state index in [1.54, 1.807) is 12.1 Å². The van der Waals surface area contributed by atoms with Gasteiger partial charge in [0.1, 0.15) is 5.82 Å². The van der Waals surface area contributed by atoms with Crippen LogP contribution in [0, 0.1) is 5.82 Å². The summed E-state index contributed by atoms with van der Waals surface area (Å²) in [4.78, 5) is 0. The quantitative estimate of drug-likeness (QED) is 0.933. The lowest BCUT2D eigenvalue weighted by molar-refractivity contribution is 0.615. The van der Waals surface area contributed by atoms with Crippen molar-refractivity contribution in [2.24, 2.45) is 0 Å². The average molecular weight is 300 g/mol. The fraction of sp³-hybridized carbons (Fsp3) is 0.300. The molecule has 0 aliphatic carbocycles. The van der Waals surface area contributed by atoms with Gasteiger partial charge in [-0.05, 0) is 45.0 Å². The van der Waals surface area contributed by atoms with Crippen molar-refractivity contribution in [1.82, 2.24) is 25.5 Å². The lowest BCUT2D eigenvalue weighted by atomic mass is 10.3. The molecule has 0 saturated heterocycles. The summed E-state index contributed by atoms with van der Waals surface area (Å²) in [6.45, 7) is 3.36. The fourth-order valence-electron chi connectivity index (χ4n) is 1.37. The molecule has 0 bridgehead atoms. The minimum absolute atomic E-state index is 0.340. The topological polar surface area (TPSA) is 55.6 Å². The van der Waals surface area contributed by atoms with Crippen LogP contribution in [-0.2, 0) is 6.54 Å². The molecule has 0 amide bonds. The summed E-state index contributed by atoms with van der Waals surface area (Å²) >= 11 is 3.10. The van der Waals surface area contributed by atoms with E-state index in [-0.39, 0.29) is 5.82 Å². The van der Waals surface area contributed by atoms with Gasteiger partial charge in [0.2, 0.25) is 0 Å². The normalized spacial score (nSPS) is 10.8. The van der Waals surface area contributed by atoms with Gasteiger partial charge in [0, 0.05) is 6.07 Å². The van der Waals surface area contributed by atoms with Crippen LogP contribution in [0.4, 0.5) is 4.39 Å². The van der Waals surface area contributed by atoms with E-state index in [9.17, 15) is 4.39 Å². The molecule has 5 nitrogen and oxygen atoms in total. The Kier molecular flexibility index (Phi) is 3.80. The van der Waals surface area contributed by atoms with Crippen LogP contribution >= 0.6 is 15.9 Å². The molecule has 0 saturated carbocycles. The highest BCUT2D eigenvalue weighted by atomic mass is 79.9. The fourth-order valence-corrected chi connectivity index (χ4v) is 1.62. The molecule has 0 radical (unpaired) electrons. The zero-order valence-electron chi connectivity index (χ0n) is 9.19. The van der Waals surface area contributed by atoms with Gasteiger partial charge in [0.25, 0.3) is 0 Å². The minimum Gasteiger partial charge on any atom is -0.310 e. The van der Waals surface area contributed by atoms with Crippen LogP contribution in [0.5, 0.6) is 0 Å². The van der Waals surface area contributed by atoms with E-state index in [1.807, 2.05) is 6.92 Å². The minimum atomic E-state index is -0.340. The molecule has 1 aromatic carbocycles. The maximum Gasteiger partial charge on any atom is 0.170 e. The van der Waals surface area contributed by atoms with Crippen molar-refractivity contribution in [3.05, 3.63) is 34.3 Å². The van der Waals surface area contributed by atoms with Gasteiger partial charge in [-0.15, -0.1) is 5.10 Å². The number of rotatable bonds is 4. The highest BCUT2D eigenvalue weighted by Gasteiger charge is 2.09. The van der Waals surface area contributed by atoms with Gasteiger partial charge in [-0.1, -0.05) is 6.92 Å². The summed E-state index contributed by atoms with van der Waals surface area (Å²) in [5.74, 6) is 0.306. The molecule has 0 aliphatic heterocycles. The Balaban J connectivity index is 2.32. The predicted molar refractivity (Wildman–Crippen MR) is 64.2 cm³/mol. The Morgan fingerprint density at radius 3 is 3.00 bits per heavy atom. The lowest BCUT2D eigenvalue weighted by Gasteiger charge is -2.05. The summed E-state index contributed by atoms with van der Waals surface area (Å²) < 4.78 is 15.3. The van der Waals surface area contributed by atoms with Gasteiger partial charge in [-0.25, -0.2) is 4.39 Å². The van der Waals surface area contributed by atoms with Crippen LogP contribution in [0.15, 0.2) is 22.7 Å². The first-order valence-corrected chi connectivity index (χ1v) is 5.95. The number of aromatic nitrogens is 4. The monoisotopic (exact) mass is 299 g/mol. The van der Waals surface area contributed by atoms with Crippen LogP contribution in [-0.4, -0.2) is 26.8 Å². The molecule has 2 rings (SSSR count). The third kappa shape index (κ3) is 2.67. The van der Waals surface area contributed by atoms with E-state index in [2.05, 4.69) is 36.8 Å². The van der Waals surface area contributed by atoms with E-state index >= 15 is 0 Å². The third-order valence-corrected chi connectivity index (χ3v) is 2.86. The number of nitrogens with zero attached hydrogens (tertiary/aromatic N) is 4. The number of hydrogen-bond donors (Lipinski definition) is 1. The molecule has 0 spiro atoms. The summed E-state index contributed by atoms with van der Waals surface area (Å²) in [5.41, 5.74) is 0.601. The molecule has 1 heterocycles. The molecule has 0 fully saturated rings. The van der Waals surface area contributed by atoms with E-state index in [4.69, 9.17) is 0 Å². The molecule has 17 heavy (non-hydrogen) atoms. The molecule has 90 valence electrons. The number of benzene rings is 1. The Morgan fingerprint density at radius 1 is 1.47 bits per heavy atom. The van der Waals surface area contributed by atoms with Crippen molar-refractivity contribution >= 4 is 15.9 Å². The molecular formula is C10H11BrFN5. The standard InChI is InChI=1S/C10H11BrFN5/c1-2-13-6-10-14-15-16-17(10)7-3-4-8(11)9(12)5-7/h3-5,13H,2,6H2,1H3. The van der Waals surface area contributed by atoms with Crippen molar-refractivity contribution in [3.8, 4) is 5.69 Å². The van der Waals surface area contributed by atoms with Gasteiger partial charge in [0.05, 0.1) is 16.7 Å². The SMILES string of the molecule is CCNCc1nnnn1-c1ccc(Br)c(F)c1. The maximum atomic E-state index is 13.4. The largest absolute Gasteiger partial charge is 0.310 e. The molecule has 0 aliphatic rings. The third-order valence-electron chi connectivity index (χ3n) is 2.21. The van der Waals surface area contributed by atoms with Crippen molar-refractivity contribution in [2.45, 2.75) is 13.5 Å². The second-order valence-electron chi connectivity index (χ2n) is 3.39. The van der Waals surface area contributed by atoms with Crippen LogP contribution in [0.25, 0.3) is 5.69 Å². The van der Waals surface area contributed by atoms with Crippen molar-refractivity contribution in [1.29, 1.82) is 0 Å². The second kappa shape index (κ2) is 5.33. The van der Waals surface area contributed by atoms with Crippen molar-refractivity contribution in [3.63, 3.8) is 0 Å². The number of nitrogens with one attached hydrogen (secondary N) is 1. The maximum absolute atomic E-state index is 13.4. The molecule has 1 N–H and O–H groups in total. The Bertz CT molecular complexity index is 513. The molecule has 0 unspecified atom stereocenters. The van der Waals surface area contributed by atoms with Gasteiger partial charge in [0.15, 0.2) is 5.82 Å².